The summed E-state index contributed by atoms with van der Waals surface area (Å²) in [6, 6.07) is 10.1. The van der Waals surface area contributed by atoms with Crippen molar-refractivity contribution in [2.45, 2.75) is 32.1 Å². The molecular weight excluding hydrogens is 210 g/mol. The lowest BCUT2D eigenvalue weighted by atomic mass is 9.98. The van der Waals surface area contributed by atoms with Crippen LogP contribution in [0.3, 0.4) is 0 Å². The molecular formula is C14H17N3. The Morgan fingerprint density at radius 3 is 2.71 bits per heavy atom. The molecule has 1 aromatic carbocycles. The molecule has 1 N–H and O–H groups in total. The van der Waals surface area contributed by atoms with E-state index < -0.39 is 0 Å². The van der Waals surface area contributed by atoms with Gasteiger partial charge in [-0.15, -0.1) is 0 Å². The summed E-state index contributed by atoms with van der Waals surface area (Å²) >= 11 is 0. The summed E-state index contributed by atoms with van der Waals surface area (Å²) in [4.78, 5) is 4.65. The van der Waals surface area contributed by atoms with Crippen LogP contribution in [0, 0.1) is 5.92 Å². The molecule has 88 valence electrons. The molecule has 17 heavy (non-hydrogen) atoms. The average molecular weight is 227 g/mol. The van der Waals surface area contributed by atoms with E-state index >= 15 is 0 Å². The largest absolute Gasteiger partial charge is 0.262 e. The smallest absolute Gasteiger partial charge is 0.181 e. The Morgan fingerprint density at radius 1 is 1.18 bits per heavy atom. The molecule has 0 bridgehead atoms. The van der Waals surface area contributed by atoms with Gasteiger partial charge in [0.15, 0.2) is 5.82 Å². The van der Waals surface area contributed by atoms with E-state index in [2.05, 4.69) is 22.1 Å². The fourth-order valence-electron chi connectivity index (χ4n) is 2.71. The second-order valence-corrected chi connectivity index (χ2v) is 4.92. The topological polar surface area (TPSA) is 41.6 Å². The molecule has 1 aliphatic carbocycles. The number of H-pyrrole nitrogens is 1. The summed E-state index contributed by atoms with van der Waals surface area (Å²) < 4.78 is 0. The lowest BCUT2D eigenvalue weighted by Crippen LogP contribution is -2.03. The predicted molar refractivity (Wildman–Crippen MR) is 67.6 cm³/mol. The minimum atomic E-state index is 0.569. The van der Waals surface area contributed by atoms with Gasteiger partial charge in [-0.25, -0.2) is 4.98 Å². The fourth-order valence-corrected chi connectivity index (χ4v) is 2.71. The molecule has 3 nitrogen and oxygen atoms in total. The third kappa shape index (κ3) is 1.97. The molecule has 0 aliphatic heterocycles. The quantitative estimate of drug-likeness (QED) is 0.854. The number of benzene rings is 1. The zero-order valence-corrected chi connectivity index (χ0v) is 10.1. The summed E-state index contributed by atoms with van der Waals surface area (Å²) in [6.45, 7) is 2.31. The Hall–Kier alpha value is -1.64. The number of nitrogens with one attached hydrogen (secondary N) is 1. The van der Waals surface area contributed by atoms with E-state index in [0.29, 0.717) is 5.92 Å². The summed E-state index contributed by atoms with van der Waals surface area (Å²) in [5.41, 5.74) is 1.08. The van der Waals surface area contributed by atoms with Crippen molar-refractivity contribution in [1.29, 1.82) is 0 Å². The Labute approximate surface area is 101 Å². The first kappa shape index (κ1) is 10.5. The molecule has 1 heterocycles. The summed E-state index contributed by atoms with van der Waals surface area (Å²) in [7, 11) is 0. The van der Waals surface area contributed by atoms with Gasteiger partial charge in [0, 0.05) is 11.5 Å². The van der Waals surface area contributed by atoms with Crippen LogP contribution >= 0.6 is 0 Å². The van der Waals surface area contributed by atoms with E-state index in [4.69, 9.17) is 0 Å². The lowest BCUT2D eigenvalue weighted by Gasteiger charge is -2.10. The maximum Gasteiger partial charge on any atom is 0.181 e. The molecule has 2 atom stereocenters. The van der Waals surface area contributed by atoms with Gasteiger partial charge in [-0.2, -0.15) is 5.10 Å². The molecule has 3 rings (SSSR count). The summed E-state index contributed by atoms with van der Waals surface area (Å²) in [5, 5.41) is 7.44. The van der Waals surface area contributed by atoms with Gasteiger partial charge in [0.25, 0.3) is 0 Å². The average Bonchev–Trinajstić information content (AvgIpc) is 2.98. The molecule has 0 saturated heterocycles. The van der Waals surface area contributed by atoms with Crippen LogP contribution in [-0.2, 0) is 0 Å². The van der Waals surface area contributed by atoms with Crippen LogP contribution in [0.25, 0.3) is 11.4 Å². The third-order valence-corrected chi connectivity index (χ3v) is 3.75. The van der Waals surface area contributed by atoms with Crippen LogP contribution in [0.4, 0.5) is 0 Å². The number of aromatic nitrogens is 3. The highest BCUT2D eigenvalue weighted by atomic mass is 15.2. The van der Waals surface area contributed by atoms with Gasteiger partial charge >= 0.3 is 0 Å². The Kier molecular flexibility index (Phi) is 2.67. The van der Waals surface area contributed by atoms with Crippen molar-refractivity contribution in [1.82, 2.24) is 15.2 Å². The SMILES string of the molecule is CC1CCCC1c1nc(-c2ccccc2)n[nH]1. The Balaban J connectivity index is 1.88. The lowest BCUT2D eigenvalue weighted by molar-refractivity contribution is 0.511. The number of aromatic amines is 1. The van der Waals surface area contributed by atoms with Crippen molar-refractivity contribution >= 4 is 0 Å². The van der Waals surface area contributed by atoms with Crippen molar-refractivity contribution in [2.75, 3.05) is 0 Å². The maximum atomic E-state index is 4.65. The van der Waals surface area contributed by atoms with Crippen LogP contribution in [0.5, 0.6) is 0 Å². The summed E-state index contributed by atoms with van der Waals surface area (Å²) in [5.74, 6) is 3.18. The van der Waals surface area contributed by atoms with Crippen LogP contribution in [0.2, 0.25) is 0 Å². The molecule has 0 radical (unpaired) electrons. The molecule has 1 saturated carbocycles. The Bertz CT molecular complexity index is 489. The maximum absolute atomic E-state index is 4.65. The van der Waals surface area contributed by atoms with Crippen molar-refractivity contribution in [3.05, 3.63) is 36.2 Å². The second-order valence-electron chi connectivity index (χ2n) is 4.92. The fraction of sp³-hybridized carbons (Fsp3) is 0.429. The highest BCUT2D eigenvalue weighted by Crippen LogP contribution is 2.37. The molecule has 1 aromatic heterocycles. The monoisotopic (exact) mass is 227 g/mol. The first-order valence-corrected chi connectivity index (χ1v) is 6.32. The van der Waals surface area contributed by atoms with Crippen molar-refractivity contribution in [3.8, 4) is 11.4 Å². The zero-order valence-electron chi connectivity index (χ0n) is 10.1. The van der Waals surface area contributed by atoms with Gasteiger partial charge in [-0.3, -0.25) is 5.10 Å². The van der Waals surface area contributed by atoms with Crippen LogP contribution in [0.15, 0.2) is 30.3 Å². The second kappa shape index (κ2) is 4.32. The van der Waals surface area contributed by atoms with Gasteiger partial charge in [0.05, 0.1) is 0 Å². The number of rotatable bonds is 2. The third-order valence-electron chi connectivity index (χ3n) is 3.75. The number of hydrogen-bond acceptors (Lipinski definition) is 2. The van der Waals surface area contributed by atoms with E-state index in [1.165, 1.54) is 19.3 Å². The molecule has 1 fully saturated rings. The van der Waals surface area contributed by atoms with Gasteiger partial charge in [-0.05, 0) is 18.8 Å². The molecule has 0 amide bonds. The van der Waals surface area contributed by atoms with E-state index in [9.17, 15) is 0 Å². The highest BCUT2D eigenvalue weighted by Gasteiger charge is 2.27. The highest BCUT2D eigenvalue weighted by molar-refractivity contribution is 5.53. The van der Waals surface area contributed by atoms with Crippen LogP contribution < -0.4 is 0 Å². The summed E-state index contributed by atoms with van der Waals surface area (Å²) in [6.07, 6.45) is 3.86. The van der Waals surface area contributed by atoms with Crippen molar-refractivity contribution in [3.63, 3.8) is 0 Å². The van der Waals surface area contributed by atoms with Gasteiger partial charge in [0.2, 0.25) is 0 Å². The van der Waals surface area contributed by atoms with Crippen LogP contribution in [0.1, 0.15) is 37.9 Å². The first-order valence-electron chi connectivity index (χ1n) is 6.32. The molecule has 0 spiro atoms. The van der Waals surface area contributed by atoms with Gasteiger partial charge in [0.1, 0.15) is 5.82 Å². The molecule has 2 unspecified atom stereocenters. The molecule has 3 heteroatoms. The number of hydrogen-bond donors (Lipinski definition) is 1. The van der Waals surface area contributed by atoms with Gasteiger partial charge < -0.3 is 0 Å². The van der Waals surface area contributed by atoms with E-state index in [-0.39, 0.29) is 0 Å². The van der Waals surface area contributed by atoms with E-state index in [1.807, 2.05) is 30.3 Å². The number of nitrogens with zero attached hydrogens (tertiary/aromatic N) is 2. The normalized spacial score (nSPS) is 24.1. The predicted octanol–water partition coefficient (Wildman–Crippen LogP) is 3.38. The minimum absolute atomic E-state index is 0.569. The van der Waals surface area contributed by atoms with Crippen molar-refractivity contribution < 1.29 is 0 Å². The van der Waals surface area contributed by atoms with Gasteiger partial charge in [-0.1, -0.05) is 43.7 Å². The van der Waals surface area contributed by atoms with Crippen LogP contribution in [-0.4, -0.2) is 15.2 Å². The Morgan fingerprint density at radius 2 is 2.00 bits per heavy atom. The van der Waals surface area contributed by atoms with E-state index in [1.54, 1.807) is 0 Å². The standard InChI is InChI=1S/C14H17N3/c1-10-6-5-9-12(10)14-15-13(16-17-14)11-7-3-2-4-8-11/h2-4,7-8,10,12H,5-6,9H2,1H3,(H,15,16,17). The molecule has 2 aromatic rings. The first-order chi connectivity index (χ1) is 8.34. The minimum Gasteiger partial charge on any atom is -0.262 e. The zero-order chi connectivity index (χ0) is 11.7. The van der Waals surface area contributed by atoms with Crippen molar-refractivity contribution in [2.24, 2.45) is 5.92 Å². The van der Waals surface area contributed by atoms with E-state index in [0.717, 1.165) is 23.1 Å². The molecule has 1 aliphatic rings.